The maximum absolute atomic E-state index is 12.3. The third kappa shape index (κ3) is 3.61. The van der Waals surface area contributed by atoms with Crippen molar-refractivity contribution in [1.82, 2.24) is 5.32 Å². The van der Waals surface area contributed by atoms with Crippen LogP contribution in [0.2, 0.25) is 0 Å². The summed E-state index contributed by atoms with van der Waals surface area (Å²) < 4.78 is 15.5. The molecule has 0 aromatic heterocycles. The van der Waals surface area contributed by atoms with Crippen molar-refractivity contribution in [1.29, 1.82) is 0 Å². The fourth-order valence-electron chi connectivity index (χ4n) is 2.98. The highest BCUT2D eigenvalue weighted by Crippen LogP contribution is 2.16. The molecule has 8 heteroatoms. The molecular weight excluding hydrogens is 313 g/mol. The molecule has 128 valence electrons. The van der Waals surface area contributed by atoms with Crippen molar-refractivity contribution >= 4 is 24.5 Å². The van der Waals surface area contributed by atoms with Crippen LogP contribution in [0.25, 0.3) is 0 Å². The van der Waals surface area contributed by atoms with Gasteiger partial charge < -0.3 is 24.5 Å². The number of amides is 1. The minimum atomic E-state index is -1.01. The lowest BCUT2D eigenvalue weighted by Gasteiger charge is -2.12. The molecule has 0 aliphatic carbocycles. The quantitative estimate of drug-likeness (QED) is 0.559. The zero-order valence-electron chi connectivity index (χ0n) is 13.5. The Hall–Kier alpha value is -1.90. The summed E-state index contributed by atoms with van der Waals surface area (Å²) in [6.45, 7) is 3.52. The molecule has 1 unspecified atom stereocenters. The van der Waals surface area contributed by atoms with Gasteiger partial charge >= 0.3 is 13.1 Å². The highest BCUT2D eigenvalue weighted by Gasteiger charge is 2.31. The number of carbonyl (C=O) groups excluding carboxylic acids is 2. The molecule has 0 bridgehead atoms. The zero-order valence-corrected chi connectivity index (χ0v) is 13.5. The normalized spacial score (nSPS) is 19.2. The topological polar surface area (TPSA) is 94.1 Å². The molecule has 3 rings (SSSR count). The molecule has 2 aliphatic heterocycles. The molecule has 1 aromatic carbocycles. The third-order valence-corrected chi connectivity index (χ3v) is 4.39. The monoisotopic (exact) mass is 333 g/mol. The Morgan fingerprint density at radius 3 is 3.04 bits per heavy atom. The number of rotatable bonds is 5. The maximum Gasteiger partial charge on any atom is 0.492 e. The van der Waals surface area contributed by atoms with Crippen LogP contribution in [0, 0.1) is 12.8 Å². The van der Waals surface area contributed by atoms with Crippen LogP contribution >= 0.6 is 0 Å². The first kappa shape index (κ1) is 16.9. The van der Waals surface area contributed by atoms with E-state index >= 15 is 0 Å². The second kappa shape index (κ2) is 7.33. The van der Waals surface area contributed by atoms with E-state index in [-0.39, 0.29) is 18.4 Å². The molecule has 1 fully saturated rings. The van der Waals surface area contributed by atoms with Gasteiger partial charge in [0.1, 0.15) is 6.54 Å². The Bertz CT molecular complexity index is 644. The Morgan fingerprint density at radius 1 is 1.46 bits per heavy atom. The molecule has 1 amide bonds. The van der Waals surface area contributed by atoms with Gasteiger partial charge in [-0.2, -0.15) is 0 Å². The van der Waals surface area contributed by atoms with Gasteiger partial charge in [0.25, 0.3) is 5.91 Å². The van der Waals surface area contributed by atoms with E-state index in [1.165, 1.54) is 0 Å². The fourth-order valence-corrected chi connectivity index (χ4v) is 2.98. The van der Waals surface area contributed by atoms with Crippen molar-refractivity contribution in [2.45, 2.75) is 20.0 Å². The van der Waals surface area contributed by atoms with Crippen molar-refractivity contribution < 1.29 is 28.7 Å². The lowest BCUT2D eigenvalue weighted by atomic mass is 9.75. The number of carbonyl (C=O) groups is 2. The van der Waals surface area contributed by atoms with Gasteiger partial charge in [0.15, 0.2) is 0 Å². The molecule has 1 atom stereocenters. The van der Waals surface area contributed by atoms with Crippen LogP contribution in [0.5, 0.6) is 0 Å². The van der Waals surface area contributed by atoms with Crippen LogP contribution in [0.1, 0.15) is 27.9 Å². The number of benzene rings is 1. The molecule has 24 heavy (non-hydrogen) atoms. The molecule has 0 saturated carbocycles. The van der Waals surface area contributed by atoms with E-state index in [0.717, 1.165) is 12.0 Å². The van der Waals surface area contributed by atoms with Crippen LogP contribution in [-0.2, 0) is 25.5 Å². The summed E-state index contributed by atoms with van der Waals surface area (Å²) in [5.41, 5.74) is 2.57. The number of hydrogen-bond acceptors (Lipinski definition) is 6. The zero-order chi connectivity index (χ0) is 17.1. The highest BCUT2D eigenvalue weighted by atomic mass is 16.5. The predicted octanol–water partition coefficient (Wildman–Crippen LogP) is -0.478. The van der Waals surface area contributed by atoms with Gasteiger partial charge in [-0.05, 0) is 36.0 Å². The summed E-state index contributed by atoms with van der Waals surface area (Å²) in [5.74, 6) is -0.613. The van der Waals surface area contributed by atoms with E-state index in [9.17, 15) is 14.6 Å². The van der Waals surface area contributed by atoms with Crippen LogP contribution in [0.4, 0.5) is 0 Å². The lowest BCUT2D eigenvalue weighted by Crippen LogP contribution is -2.35. The van der Waals surface area contributed by atoms with Crippen LogP contribution < -0.4 is 10.8 Å². The minimum Gasteiger partial charge on any atom is -0.464 e. The van der Waals surface area contributed by atoms with E-state index in [4.69, 9.17) is 14.1 Å². The summed E-state index contributed by atoms with van der Waals surface area (Å²) in [7, 11) is -1.01. The molecular formula is C16H20BNO6. The summed E-state index contributed by atoms with van der Waals surface area (Å²) in [6, 6.07) is 3.43. The molecule has 2 N–H and O–H groups in total. The second-order valence-electron chi connectivity index (χ2n) is 6.07. The maximum atomic E-state index is 12.3. The van der Waals surface area contributed by atoms with E-state index in [0.29, 0.717) is 43.0 Å². The van der Waals surface area contributed by atoms with Crippen LogP contribution in [0.3, 0.4) is 0 Å². The van der Waals surface area contributed by atoms with Gasteiger partial charge in [-0.3, -0.25) is 9.59 Å². The lowest BCUT2D eigenvalue weighted by molar-refractivity contribution is -0.143. The molecule has 0 radical (unpaired) electrons. The van der Waals surface area contributed by atoms with Crippen LogP contribution in [-0.4, -0.2) is 50.4 Å². The summed E-state index contributed by atoms with van der Waals surface area (Å²) >= 11 is 0. The van der Waals surface area contributed by atoms with Gasteiger partial charge in [-0.25, -0.2) is 0 Å². The van der Waals surface area contributed by atoms with Crippen molar-refractivity contribution in [3.63, 3.8) is 0 Å². The molecule has 2 aliphatic rings. The average molecular weight is 333 g/mol. The second-order valence-corrected chi connectivity index (χ2v) is 6.07. The molecule has 1 aromatic rings. The summed E-state index contributed by atoms with van der Waals surface area (Å²) in [5, 5.41) is 12.4. The number of ether oxygens (including phenoxy) is 2. The van der Waals surface area contributed by atoms with E-state index < -0.39 is 13.1 Å². The number of hydrogen-bond donors (Lipinski definition) is 2. The van der Waals surface area contributed by atoms with Gasteiger partial charge in [-0.15, -0.1) is 0 Å². The summed E-state index contributed by atoms with van der Waals surface area (Å²) in [4.78, 5) is 24.0. The van der Waals surface area contributed by atoms with Crippen LogP contribution in [0.15, 0.2) is 12.1 Å². The molecule has 2 heterocycles. The van der Waals surface area contributed by atoms with Crippen molar-refractivity contribution in [2.75, 3.05) is 26.4 Å². The van der Waals surface area contributed by atoms with E-state index in [2.05, 4.69) is 5.32 Å². The number of fused-ring (bicyclic) bond motifs is 1. The van der Waals surface area contributed by atoms with Gasteiger partial charge in [-0.1, -0.05) is 6.07 Å². The standard InChI is InChI=1S/C16H20BNO6/c1-10-13(3-2-12-9-24-17(21)15(10)12)16(20)18-6-14(19)23-8-11-4-5-22-7-11/h2-3,11,21H,4-9H2,1H3,(H,18,20). The van der Waals surface area contributed by atoms with Gasteiger partial charge in [0.2, 0.25) is 0 Å². The molecule has 1 saturated heterocycles. The van der Waals surface area contributed by atoms with Crippen molar-refractivity contribution in [3.8, 4) is 0 Å². The largest absolute Gasteiger partial charge is 0.492 e. The van der Waals surface area contributed by atoms with Crippen molar-refractivity contribution in [3.05, 3.63) is 28.8 Å². The number of esters is 1. The Balaban J connectivity index is 1.53. The fraction of sp³-hybridized carbons (Fsp3) is 0.500. The molecule has 0 spiro atoms. The van der Waals surface area contributed by atoms with E-state index in [1.54, 1.807) is 19.1 Å². The first-order valence-corrected chi connectivity index (χ1v) is 8.00. The predicted molar refractivity (Wildman–Crippen MR) is 85.8 cm³/mol. The first-order chi connectivity index (χ1) is 11.6. The Morgan fingerprint density at radius 2 is 2.29 bits per heavy atom. The summed E-state index contributed by atoms with van der Waals surface area (Å²) in [6.07, 6.45) is 0.887. The number of nitrogens with one attached hydrogen (secondary N) is 1. The molecule has 7 nitrogen and oxygen atoms in total. The third-order valence-electron chi connectivity index (χ3n) is 4.39. The van der Waals surface area contributed by atoms with Crippen molar-refractivity contribution in [2.24, 2.45) is 5.92 Å². The van der Waals surface area contributed by atoms with Gasteiger partial charge in [0, 0.05) is 18.1 Å². The SMILES string of the molecule is Cc1c(C(=O)NCC(=O)OCC2CCOC2)ccc2c1B(O)OC2. The Labute approximate surface area is 140 Å². The highest BCUT2D eigenvalue weighted by molar-refractivity contribution is 6.62. The van der Waals surface area contributed by atoms with E-state index in [1.807, 2.05) is 0 Å². The average Bonchev–Trinajstić information content (AvgIpc) is 3.21. The minimum absolute atomic E-state index is 0.192. The smallest absolute Gasteiger partial charge is 0.464 e. The first-order valence-electron chi connectivity index (χ1n) is 8.00. The Kier molecular flexibility index (Phi) is 5.18. The van der Waals surface area contributed by atoms with Gasteiger partial charge in [0.05, 0.1) is 19.8 Å².